The highest BCUT2D eigenvalue weighted by atomic mass is 127. The second kappa shape index (κ2) is 10.4. The number of H-pyrrole nitrogens is 1. The first-order chi connectivity index (χ1) is 15.5. The molecule has 0 saturated carbocycles. The number of alkyl halides is 1. The molecule has 11 heteroatoms. The molecule has 4 N–H and O–H groups in total. The van der Waals surface area contributed by atoms with Gasteiger partial charge in [-0.25, -0.2) is 24.3 Å². The van der Waals surface area contributed by atoms with E-state index in [1.165, 1.54) is 0 Å². The Bertz CT molecular complexity index is 1130. The van der Waals surface area contributed by atoms with Crippen molar-refractivity contribution in [1.29, 1.82) is 0 Å². The third-order valence-electron chi connectivity index (χ3n) is 5.29. The fraction of sp³-hybridized carbons (Fsp3) is 0.333. The first-order valence-electron chi connectivity index (χ1n) is 10.2. The summed E-state index contributed by atoms with van der Waals surface area (Å²) < 4.78 is 14.8. The van der Waals surface area contributed by atoms with Gasteiger partial charge in [0.1, 0.15) is 11.5 Å². The second-order valence-corrected chi connectivity index (χ2v) is 8.72. The summed E-state index contributed by atoms with van der Waals surface area (Å²) in [5.41, 5.74) is 7.51. The summed E-state index contributed by atoms with van der Waals surface area (Å²) in [6.45, 7) is 2.27. The van der Waals surface area contributed by atoms with Crippen LogP contribution in [-0.4, -0.2) is 49.8 Å². The number of amidine groups is 1. The number of nitrogens with two attached hydrogens (primary N) is 1. The monoisotopic (exact) mass is 568 g/mol. The van der Waals surface area contributed by atoms with Crippen LogP contribution in [0.15, 0.2) is 53.6 Å². The van der Waals surface area contributed by atoms with Crippen LogP contribution in [0.5, 0.6) is 0 Å². The van der Waals surface area contributed by atoms with Crippen LogP contribution in [0.2, 0.25) is 5.02 Å². The summed E-state index contributed by atoms with van der Waals surface area (Å²) in [7, 11) is 0. The molecule has 0 radical (unpaired) electrons. The zero-order valence-corrected chi connectivity index (χ0v) is 20.1. The van der Waals surface area contributed by atoms with Gasteiger partial charge in [0.15, 0.2) is 11.6 Å². The first kappa shape index (κ1) is 22.7. The van der Waals surface area contributed by atoms with Crippen molar-refractivity contribution >= 4 is 57.0 Å². The normalized spacial score (nSPS) is 18.0. The number of aromatic nitrogens is 4. The van der Waals surface area contributed by atoms with Crippen LogP contribution in [0.3, 0.4) is 0 Å². The van der Waals surface area contributed by atoms with Gasteiger partial charge >= 0.3 is 0 Å². The van der Waals surface area contributed by atoms with E-state index in [0.717, 1.165) is 37.3 Å². The maximum Gasteiger partial charge on any atom is 0.225 e. The molecule has 0 aromatic carbocycles. The number of nitrogens with zero attached hydrogens (tertiary/aromatic N) is 5. The van der Waals surface area contributed by atoms with E-state index in [9.17, 15) is 4.39 Å². The van der Waals surface area contributed by atoms with Crippen molar-refractivity contribution in [2.24, 2.45) is 16.6 Å². The predicted molar refractivity (Wildman–Crippen MR) is 134 cm³/mol. The van der Waals surface area contributed by atoms with Gasteiger partial charge in [-0.2, -0.15) is 0 Å². The van der Waals surface area contributed by atoms with Crippen LogP contribution < -0.4 is 16.0 Å². The third kappa shape index (κ3) is 5.29. The van der Waals surface area contributed by atoms with Crippen molar-refractivity contribution in [3.8, 4) is 0 Å². The number of rotatable bonds is 7. The van der Waals surface area contributed by atoms with Gasteiger partial charge in [0.05, 0.1) is 9.45 Å². The molecule has 1 saturated heterocycles. The van der Waals surface area contributed by atoms with E-state index < -0.39 is 0 Å². The summed E-state index contributed by atoms with van der Waals surface area (Å²) in [6.07, 6.45) is 8.78. The van der Waals surface area contributed by atoms with E-state index in [2.05, 4.69) is 35.1 Å². The Hall–Kier alpha value is -2.47. The maximum atomic E-state index is 14.6. The van der Waals surface area contributed by atoms with E-state index in [4.69, 9.17) is 17.3 Å². The van der Waals surface area contributed by atoms with Crippen molar-refractivity contribution in [3.05, 3.63) is 59.2 Å². The van der Waals surface area contributed by atoms with Gasteiger partial charge in [0.2, 0.25) is 5.95 Å². The average molecular weight is 569 g/mol. The summed E-state index contributed by atoms with van der Waals surface area (Å²) in [6, 6.07) is 3.56. The van der Waals surface area contributed by atoms with Gasteiger partial charge in [0, 0.05) is 55.4 Å². The molecule has 4 rings (SSSR count). The molecule has 4 heterocycles. The number of anilines is 1. The van der Waals surface area contributed by atoms with Gasteiger partial charge in [-0.05, 0) is 30.9 Å². The minimum absolute atomic E-state index is 0.148. The number of aromatic amines is 1. The highest BCUT2D eigenvalue weighted by molar-refractivity contribution is 14.1. The molecule has 0 unspecified atom stereocenters. The van der Waals surface area contributed by atoms with Crippen LogP contribution in [0.25, 0.3) is 11.0 Å². The standard InChI is InChI=1S/C21H23ClFIN8/c22-14-7-15-16(11-30-19(15)29-10-14)18(25)31-20(17(23)8-24)28-9-13-3-1-6-32(12-13)21-26-4-2-5-27-21/h2,4-5,7,10-11,13,28H,1,3,6,8-9,12H2,(H2,25,31)(H,29,30)/b20-17+/t13-/m1/s1. The Morgan fingerprint density at radius 1 is 1.38 bits per heavy atom. The lowest BCUT2D eigenvalue weighted by atomic mass is 9.98. The number of halogens is 3. The first-order valence-corrected chi connectivity index (χ1v) is 12.1. The number of hydrogen-bond acceptors (Lipinski definition) is 6. The van der Waals surface area contributed by atoms with E-state index >= 15 is 0 Å². The SMILES string of the molecule is N/C(=N\C(NC[C@H]1CCCN(c2ncccn2)C1)=C(\F)CI)c1c[nH]c2ncc(Cl)cc12. The quantitative estimate of drug-likeness (QED) is 0.173. The lowest BCUT2D eigenvalue weighted by Gasteiger charge is -2.33. The molecule has 3 aromatic heterocycles. The Labute approximate surface area is 203 Å². The number of piperidine rings is 1. The van der Waals surface area contributed by atoms with E-state index in [0.29, 0.717) is 28.7 Å². The summed E-state index contributed by atoms with van der Waals surface area (Å²) in [5.74, 6) is 1.00. The Morgan fingerprint density at radius 3 is 2.97 bits per heavy atom. The zero-order valence-electron chi connectivity index (χ0n) is 17.2. The van der Waals surface area contributed by atoms with E-state index in [-0.39, 0.29) is 21.9 Å². The van der Waals surface area contributed by atoms with E-state index in [1.807, 2.05) is 22.6 Å². The summed E-state index contributed by atoms with van der Waals surface area (Å²) in [5, 5.41) is 4.40. The smallest absolute Gasteiger partial charge is 0.225 e. The van der Waals surface area contributed by atoms with Crippen molar-refractivity contribution in [2.45, 2.75) is 12.8 Å². The largest absolute Gasteiger partial charge is 0.383 e. The summed E-state index contributed by atoms with van der Waals surface area (Å²) in [4.78, 5) is 22.5. The fourth-order valence-corrected chi connectivity index (χ4v) is 4.26. The van der Waals surface area contributed by atoms with Gasteiger partial charge < -0.3 is 20.9 Å². The number of nitrogens with one attached hydrogen (secondary N) is 2. The van der Waals surface area contributed by atoms with Gasteiger partial charge in [-0.3, -0.25) is 0 Å². The van der Waals surface area contributed by atoms with Crippen molar-refractivity contribution in [1.82, 2.24) is 25.3 Å². The van der Waals surface area contributed by atoms with Crippen molar-refractivity contribution in [3.63, 3.8) is 0 Å². The Kier molecular flexibility index (Phi) is 7.40. The minimum Gasteiger partial charge on any atom is -0.383 e. The molecule has 168 valence electrons. The van der Waals surface area contributed by atoms with Crippen LogP contribution in [0.4, 0.5) is 10.3 Å². The Morgan fingerprint density at radius 2 is 2.19 bits per heavy atom. The zero-order chi connectivity index (χ0) is 22.5. The average Bonchev–Trinajstić information content (AvgIpc) is 3.25. The highest BCUT2D eigenvalue weighted by Crippen LogP contribution is 2.22. The van der Waals surface area contributed by atoms with Crippen LogP contribution in [-0.2, 0) is 0 Å². The molecular weight excluding hydrogens is 546 g/mol. The van der Waals surface area contributed by atoms with E-state index in [1.54, 1.807) is 36.9 Å². The van der Waals surface area contributed by atoms with Crippen molar-refractivity contribution < 1.29 is 4.39 Å². The maximum absolute atomic E-state index is 14.6. The highest BCUT2D eigenvalue weighted by Gasteiger charge is 2.22. The van der Waals surface area contributed by atoms with Gasteiger partial charge in [-0.1, -0.05) is 34.2 Å². The predicted octanol–water partition coefficient (Wildman–Crippen LogP) is 3.79. The number of hydrogen-bond donors (Lipinski definition) is 3. The molecule has 8 nitrogen and oxygen atoms in total. The minimum atomic E-state index is -0.358. The molecule has 0 bridgehead atoms. The van der Waals surface area contributed by atoms with Crippen LogP contribution in [0.1, 0.15) is 18.4 Å². The third-order valence-corrected chi connectivity index (χ3v) is 6.17. The van der Waals surface area contributed by atoms with Crippen molar-refractivity contribution in [2.75, 3.05) is 29.0 Å². The molecule has 1 aliphatic rings. The second-order valence-electron chi connectivity index (χ2n) is 7.52. The molecule has 1 aliphatic heterocycles. The number of fused-ring (bicyclic) bond motifs is 1. The number of aliphatic imine (C=N–C) groups is 1. The number of pyridine rings is 1. The molecule has 0 aliphatic carbocycles. The lowest BCUT2D eigenvalue weighted by Crippen LogP contribution is -2.40. The van der Waals surface area contributed by atoms with Crippen LogP contribution >= 0.6 is 34.2 Å². The molecule has 32 heavy (non-hydrogen) atoms. The topological polar surface area (TPSA) is 108 Å². The molecule has 0 amide bonds. The molecular formula is C21H23ClFIN8. The molecule has 0 spiro atoms. The van der Waals surface area contributed by atoms with Gasteiger partial charge in [-0.15, -0.1) is 0 Å². The molecule has 1 atom stereocenters. The van der Waals surface area contributed by atoms with Gasteiger partial charge in [0.25, 0.3) is 0 Å². The summed E-state index contributed by atoms with van der Waals surface area (Å²) >= 11 is 8.04. The van der Waals surface area contributed by atoms with Crippen LogP contribution in [0, 0.1) is 5.92 Å². The Balaban J connectivity index is 1.49. The molecule has 3 aromatic rings. The fourth-order valence-electron chi connectivity index (χ4n) is 3.74. The molecule has 1 fully saturated rings. The number of allylic oxidation sites excluding steroid dienone is 1. The lowest BCUT2D eigenvalue weighted by molar-refractivity contribution is 0.397.